The fourth-order valence-corrected chi connectivity index (χ4v) is 1.54. The Hall–Kier alpha value is -1.75. The molecule has 1 aromatic carbocycles. The second kappa shape index (κ2) is 4.40. The van der Waals surface area contributed by atoms with Gasteiger partial charge in [0.1, 0.15) is 0 Å². The average Bonchev–Trinajstić information content (AvgIpc) is 2.64. The smallest absolute Gasteiger partial charge is 0.317 e. The van der Waals surface area contributed by atoms with Crippen LogP contribution in [0.25, 0.3) is 0 Å². The molecule has 0 saturated carbocycles. The number of nitrogens with zero attached hydrogens (tertiary/aromatic N) is 2. The van der Waals surface area contributed by atoms with Gasteiger partial charge in [0.05, 0.1) is 6.04 Å². The number of hydrogen-bond donors (Lipinski definition) is 2. The number of halogens is 1. The van der Waals surface area contributed by atoms with Gasteiger partial charge < -0.3 is 15.5 Å². The highest BCUT2D eigenvalue weighted by molar-refractivity contribution is 6.30. The number of rotatable bonds is 3. The van der Waals surface area contributed by atoms with Crippen molar-refractivity contribution in [2.24, 2.45) is 0 Å². The van der Waals surface area contributed by atoms with Gasteiger partial charge in [0.25, 0.3) is 0 Å². The second-order valence-corrected chi connectivity index (χ2v) is 3.80. The minimum atomic E-state index is 0.0125. The zero-order valence-corrected chi connectivity index (χ0v) is 9.40. The van der Waals surface area contributed by atoms with Crippen molar-refractivity contribution in [1.29, 1.82) is 0 Å². The molecule has 2 rings (SSSR count). The number of nitrogens with two attached hydrogens (primary N) is 1. The molecule has 1 atom stereocenters. The summed E-state index contributed by atoms with van der Waals surface area (Å²) in [7, 11) is 0. The molecule has 5 nitrogen and oxygen atoms in total. The Morgan fingerprint density at radius 1 is 1.44 bits per heavy atom. The zero-order chi connectivity index (χ0) is 11.5. The number of anilines is 2. The maximum Gasteiger partial charge on any atom is 0.317 e. The molecule has 3 N–H and O–H groups in total. The maximum absolute atomic E-state index is 5.90. The summed E-state index contributed by atoms with van der Waals surface area (Å²) in [5, 5.41) is 11.0. The summed E-state index contributed by atoms with van der Waals surface area (Å²) in [6.45, 7) is 1.96. The van der Waals surface area contributed by atoms with E-state index in [0.717, 1.165) is 5.56 Å². The van der Waals surface area contributed by atoms with Crippen molar-refractivity contribution in [3.05, 3.63) is 34.9 Å². The third-order valence-electron chi connectivity index (χ3n) is 2.13. The number of nitrogens with one attached hydrogen (secondary N) is 1. The summed E-state index contributed by atoms with van der Waals surface area (Å²) < 4.78 is 5.02. The molecule has 0 bridgehead atoms. The topological polar surface area (TPSA) is 77.0 Å². The first-order valence-corrected chi connectivity index (χ1v) is 5.14. The molecule has 84 valence electrons. The van der Waals surface area contributed by atoms with E-state index in [2.05, 4.69) is 15.5 Å². The predicted molar refractivity (Wildman–Crippen MR) is 62.2 cm³/mol. The van der Waals surface area contributed by atoms with Crippen molar-refractivity contribution < 1.29 is 4.42 Å². The Labute approximate surface area is 97.6 Å². The van der Waals surface area contributed by atoms with Crippen LogP contribution >= 0.6 is 11.6 Å². The molecule has 0 aliphatic carbocycles. The largest absolute Gasteiger partial charge is 0.390 e. The summed E-state index contributed by atoms with van der Waals surface area (Å²) in [4.78, 5) is 0. The quantitative estimate of drug-likeness (QED) is 0.859. The molecule has 16 heavy (non-hydrogen) atoms. The molecule has 0 radical (unpaired) electrons. The molecule has 0 saturated heterocycles. The van der Waals surface area contributed by atoms with Crippen molar-refractivity contribution >= 4 is 23.6 Å². The lowest BCUT2D eigenvalue weighted by atomic mass is 10.1. The molecule has 6 heteroatoms. The summed E-state index contributed by atoms with van der Waals surface area (Å²) in [5.74, 6) is 0. The van der Waals surface area contributed by atoms with Crippen LogP contribution in [-0.4, -0.2) is 10.2 Å². The number of hydrogen-bond acceptors (Lipinski definition) is 5. The fraction of sp³-hybridized carbons (Fsp3) is 0.200. The van der Waals surface area contributed by atoms with Crippen molar-refractivity contribution in [1.82, 2.24) is 10.2 Å². The van der Waals surface area contributed by atoms with E-state index in [0.29, 0.717) is 11.0 Å². The number of aromatic nitrogens is 2. The molecule has 0 aliphatic heterocycles. The van der Waals surface area contributed by atoms with Crippen LogP contribution in [0.3, 0.4) is 0 Å². The lowest BCUT2D eigenvalue weighted by Gasteiger charge is -2.12. The van der Waals surface area contributed by atoms with E-state index in [1.54, 1.807) is 0 Å². The predicted octanol–water partition coefficient (Wildman–Crippen LogP) is 2.48. The van der Waals surface area contributed by atoms with Crippen molar-refractivity contribution in [3.63, 3.8) is 0 Å². The monoisotopic (exact) mass is 238 g/mol. The van der Waals surface area contributed by atoms with E-state index in [1.165, 1.54) is 0 Å². The van der Waals surface area contributed by atoms with Crippen LogP contribution in [0.2, 0.25) is 5.02 Å². The van der Waals surface area contributed by atoms with Gasteiger partial charge in [0, 0.05) is 5.02 Å². The van der Waals surface area contributed by atoms with Crippen LogP contribution in [0.5, 0.6) is 0 Å². The van der Waals surface area contributed by atoms with E-state index >= 15 is 0 Å². The van der Waals surface area contributed by atoms with Crippen LogP contribution < -0.4 is 11.1 Å². The highest BCUT2D eigenvalue weighted by Gasteiger charge is 2.09. The van der Waals surface area contributed by atoms with E-state index in [9.17, 15) is 0 Å². The minimum Gasteiger partial charge on any atom is -0.390 e. The maximum atomic E-state index is 5.90. The minimum absolute atomic E-state index is 0.0125. The molecule has 1 aromatic heterocycles. The first-order chi connectivity index (χ1) is 7.65. The van der Waals surface area contributed by atoms with E-state index in [-0.39, 0.29) is 12.1 Å². The molecule has 0 amide bonds. The highest BCUT2D eigenvalue weighted by Crippen LogP contribution is 2.21. The highest BCUT2D eigenvalue weighted by atomic mass is 35.5. The fourth-order valence-electron chi connectivity index (χ4n) is 1.34. The van der Waals surface area contributed by atoms with Gasteiger partial charge in [0.15, 0.2) is 0 Å². The molecule has 1 unspecified atom stereocenters. The van der Waals surface area contributed by atoms with Crippen molar-refractivity contribution in [2.45, 2.75) is 13.0 Å². The molecule has 0 aliphatic rings. The van der Waals surface area contributed by atoms with Crippen LogP contribution in [0.4, 0.5) is 12.0 Å². The number of benzene rings is 1. The normalized spacial score (nSPS) is 12.4. The van der Waals surface area contributed by atoms with Gasteiger partial charge in [-0.25, -0.2) is 0 Å². The summed E-state index contributed by atoms with van der Waals surface area (Å²) in [6.07, 6.45) is 0. The third kappa shape index (κ3) is 2.43. The average molecular weight is 239 g/mol. The lowest BCUT2D eigenvalue weighted by molar-refractivity contribution is 0.578. The Kier molecular flexibility index (Phi) is 2.96. The molecular formula is C10H11ClN4O. The van der Waals surface area contributed by atoms with Gasteiger partial charge in [-0.3, -0.25) is 0 Å². The summed E-state index contributed by atoms with van der Waals surface area (Å²) in [6, 6.07) is 7.90. The second-order valence-electron chi connectivity index (χ2n) is 3.37. The van der Waals surface area contributed by atoms with E-state index < -0.39 is 0 Å². The molecule has 0 fully saturated rings. The Bertz CT molecular complexity index is 485. The van der Waals surface area contributed by atoms with Gasteiger partial charge in [-0.2, -0.15) is 0 Å². The molecule has 1 heterocycles. The van der Waals surface area contributed by atoms with Gasteiger partial charge in [-0.15, -0.1) is 0 Å². The number of nitrogen functional groups attached to an aromatic ring is 1. The standard InChI is InChI=1S/C10H11ClN4O/c1-6(7-3-2-4-8(11)5-7)13-10-15-14-9(12)16-10/h2-6H,1H3,(H2,12,14)(H,13,15). The Morgan fingerprint density at radius 3 is 2.88 bits per heavy atom. The molecule has 2 aromatic rings. The van der Waals surface area contributed by atoms with Gasteiger partial charge in [-0.05, 0) is 24.6 Å². The first kappa shape index (κ1) is 10.8. The SMILES string of the molecule is CC(Nc1nnc(N)o1)c1cccc(Cl)c1. The van der Waals surface area contributed by atoms with Crippen LogP contribution in [0.15, 0.2) is 28.7 Å². The lowest BCUT2D eigenvalue weighted by Crippen LogP contribution is -2.06. The van der Waals surface area contributed by atoms with E-state index in [1.807, 2.05) is 31.2 Å². The van der Waals surface area contributed by atoms with Crippen molar-refractivity contribution in [2.75, 3.05) is 11.1 Å². The van der Waals surface area contributed by atoms with Gasteiger partial charge >= 0.3 is 12.0 Å². The van der Waals surface area contributed by atoms with Crippen LogP contribution in [0.1, 0.15) is 18.5 Å². The molecular weight excluding hydrogens is 228 g/mol. The van der Waals surface area contributed by atoms with Crippen LogP contribution in [-0.2, 0) is 0 Å². The zero-order valence-electron chi connectivity index (χ0n) is 8.64. The summed E-state index contributed by atoms with van der Waals surface area (Å²) in [5.41, 5.74) is 6.35. The summed E-state index contributed by atoms with van der Waals surface area (Å²) >= 11 is 5.90. The Morgan fingerprint density at radius 2 is 2.25 bits per heavy atom. The van der Waals surface area contributed by atoms with Crippen molar-refractivity contribution in [3.8, 4) is 0 Å². The first-order valence-electron chi connectivity index (χ1n) is 4.76. The van der Waals surface area contributed by atoms with E-state index in [4.69, 9.17) is 21.8 Å². The van der Waals surface area contributed by atoms with Gasteiger partial charge in [0.2, 0.25) is 0 Å². The molecule has 0 spiro atoms. The third-order valence-corrected chi connectivity index (χ3v) is 2.36. The van der Waals surface area contributed by atoms with Gasteiger partial charge in [-0.1, -0.05) is 33.9 Å². The van der Waals surface area contributed by atoms with Crippen LogP contribution in [0, 0.1) is 0 Å². The Balaban J connectivity index is 2.11.